The summed E-state index contributed by atoms with van der Waals surface area (Å²) in [5, 5.41) is 6.72. The highest BCUT2D eigenvalue weighted by atomic mass is 79.9. The number of hydrogen-bond acceptors (Lipinski definition) is 4. The van der Waals surface area contributed by atoms with Crippen molar-refractivity contribution in [1.29, 1.82) is 0 Å². The van der Waals surface area contributed by atoms with Crippen molar-refractivity contribution in [2.75, 3.05) is 5.32 Å². The second-order valence-corrected chi connectivity index (χ2v) is 5.14. The van der Waals surface area contributed by atoms with E-state index in [4.69, 9.17) is 0 Å². The molecule has 0 atom stereocenters. The molecule has 0 aliphatic rings. The molecular formula is C10H9Br2N5O. The Morgan fingerprint density at radius 2 is 2.17 bits per heavy atom. The number of aryl methyl sites for hydroxylation is 2. The summed E-state index contributed by atoms with van der Waals surface area (Å²) in [5.74, 6) is 0.0301. The number of hydrogen-bond donors (Lipinski definition) is 1. The molecular weight excluding hydrogens is 366 g/mol. The third-order valence-corrected chi connectivity index (χ3v) is 3.21. The number of rotatable bonds is 2. The van der Waals surface area contributed by atoms with E-state index in [1.165, 1.54) is 6.20 Å². The first kappa shape index (κ1) is 13.2. The zero-order chi connectivity index (χ0) is 13.3. The summed E-state index contributed by atoms with van der Waals surface area (Å²) in [7, 11) is 1.78. The average Bonchev–Trinajstić information content (AvgIpc) is 2.63. The molecule has 2 heterocycles. The summed E-state index contributed by atoms with van der Waals surface area (Å²) < 4.78 is 2.68. The number of amides is 1. The first-order valence-electron chi connectivity index (χ1n) is 4.97. The van der Waals surface area contributed by atoms with Crippen LogP contribution >= 0.6 is 31.9 Å². The van der Waals surface area contributed by atoms with Crippen molar-refractivity contribution in [1.82, 2.24) is 19.7 Å². The van der Waals surface area contributed by atoms with Crippen LogP contribution in [0.1, 0.15) is 16.2 Å². The maximum atomic E-state index is 11.9. The molecule has 0 aliphatic carbocycles. The fourth-order valence-electron chi connectivity index (χ4n) is 1.27. The predicted octanol–water partition coefficient (Wildman–Crippen LogP) is 2.30. The Hall–Kier alpha value is -1.28. The van der Waals surface area contributed by atoms with Crippen LogP contribution in [0.4, 0.5) is 5.82 Å². The van der Waals surface area contributed by atoms with Crippen LogP contribution in [0.15, 0.2) is 21.5 Å². The summed E-state index contributed by atoms with van der Waals surface area (Å²) in [6.45, 7) is 1.87. The molecule has 0 aliphatic heterocycles. The minimum Gasteiger partial charge on any atom is -0.303 e. The lowest BCUT2D eigenvalue weighted by Gasteiger charge is -2.03. The van der Waals surface area contributed by atoms with Gasteiger partial charge < -0.3 is 5.32 Å². The number of carbonyl (C=O) groups excluding carboxylic acids is 1. The molecule has 8 heteroatoms. The zero-order valence-corrected chi connectivity index (χ0v) is 12.8. The SMILES string of the molecule is Cc1cc(C(=O)Nc2ncc(Br)nc2Br)nn1C. The van der Waals surface area contributed by atoms with Crippen molar-refractivity contribution in [2.24, 2.45) is 7.05 Å². The molecule has 0 fully saturated rings. The number of carbonyl (C=O) groups is 1. The fourth-order valence-corrected chi connectivity index (χ4v) is 2.18. The standard InChI is InChI=1S/C10H9Br2N5O/c1-5-3-6(16-17(5)2)10(18)15-9-8(12)14-7(11)4-13-9/h3-4H,1-2H3,(H,13,15,18). The molecule has 2 rings (SSSR count). The van der Waals surface area contributed by atoms with Crippen LogP contribution in [0.2, 0.25) is 0 Å². The van der Waals surface area contributed by atoms with Crippen molar-refractivity contribution >= 4 is 43.6 Å². The molecule has 94 valence electrons. The number of halogens is 2. The van der Waals surface area contributed by atoms with Crippen LogP contribution in [0.5, 0.6) is 0 Å². The Morgan fingerprint density at radius 1 is 1.44 bits per heavy atom. The summed E-state index contributed by atoms with van der Waals surface area (Å²) >= 11 is 6.41. The minimum atomic E-state index is -0.323. The van der Waals surface area contributed by atoms with Gasteiger partial charge in [-0.2, -0.15) is 5.10 Å². The second-order valence-electron chi connectivity index (χ2n) is 3.58. The van der Waals surface area contributed by atoms with Gasteiger partial charge in [-0.1, -0.05) is 0 Å². The summed E-state index contributed by atoms with van der Waals surface area (Å²) in [6.07, 6.45) is 1.50. The van der Waals surface area contributed by atoms with Gasteiger partial charge in [0.1, 0.15) is 9.21 Å². The number of aromatic nitrogens is 4. The number of nitrogens with zero attached hydrogens (tertiary/aromatic N) is 4. The summed E-state index contributed by atoms with van der Waals surface area (Å²) in [5.41, 5.74) is 1.24. The molecule has 0 saturated heterocycles. The number of nitrogens with one attached hydrogen (secondary N) is 1. The lowest BCUT2D eigenvalue weighted by Crippen LogP contribution is -2.14. The smallest absolute Gasteiger partial charge is 0.277 e. The highest BCUT2D eigenvalue weighted by molar-refractivity contribution is 9.11. The molecule has 0 unspecified atom stereocenters. The normalized spacial score (nSPS) is 10.4. The third kappa shape index (κ3) is 2.75. The van der Waals surface area contributed by atoms with Gasteiger partial charge in [0.25, 0.3) is 5.91 Å². The summed E-state index contributed by atoms with van der Waals surface area (Å²) in [4.78, 5) is 20.1. The van der Waals surface area contributed by atoms with Gasteiger partial charge >= 0.3 is 0 Å². The highest BCUT2D eigenvalue weighted by Gasteiger charge is 2.14. The monoisotopic (exact) mass is 373 g/mol. The number of anilines is 1. The van der Waals surface area contributed by atoms with Crippen molar-refractivity contribution in [3.05, 3.63) is 32.9 Å². The van der Waals surface area contributed by atoms with Gasteiger partial charge in [0, 0.05) is 12.7 Å². The van der Waals surface area contributed by atoms with E-state index in [9.17, 15) is 4.79 Å². The van der Waals surface area contributed by atoms with Crippen LogP contribution in [0.25, 0.3) is 0 Å². The van der Waals surface area contributed by atoms with E-state index in [-0.39, 0.29) is 5.91 Å². The van der Waals surface area contributed by atoms with Crippen molar-refractivity contribution in [3.63, 3.8) is 0 Å². The van der Waals surface area contributed by atoms with Crippen LogP contribution in [-0.4, -0.2) is 25.7 Å². The lowest BCUT2D eigenvalue weighted by molar-refractivity contribution is 0.102. The fraction of sp³-hybridized carbons (Fsp3) is 0.200. The van der Waals surface area contributed by atoms with Gasteiger partial charge in [-0.05, 0) is 44.8 Å². The Balaban J connectivity index is 2.21. The van der Waals surface area contributed by atoms with E-state index in [1.807, 2.05) is 6.92 Å². The second kappa shape index (κ2) is 5.15. The van der Waals surface area contributed by atoms with Crippen molar-refractivity contribution in [3.8, 4) is 0 Å². The van der Waals surface area contributed by atoms with Crippen molar-refractivity contribution < 1.29 is 4.79 Å². The molecule has 0 saturated carbocycles. The average molecular weight is 375 g/mol. The summed E-state index contributed by atoms with van der Waals surface area (Å²) in [6, 6.07) is 1.70. The Bertz CT molecular complexity index is 591. The van der Waals surface area contributed by atoms with Crippen LogP contribution < -0.4 is 5.32 Å². The van der Waals surface area contributed by atoms with E-state index in [2.05, 4.69) is 52.2 Å². The van der Waals surface area contributed by atoms with Gasteiger partial charge in [0.05, 0.1) is 6.20 Å². The maximum Gasteiger partial charge on any atom is 0.277 e. The van der Waals surface area contributed by atoms with Gasteiger partial charge in [-0.15, -0.1) is 0 Å². The van der Waals surface area contributed by atoms with Gasteiger partial charge in [0.2, 0.25) is 0 Å². The Kier molecular flexibility index (Phi) is 3.76. The van der Waals surface area contributed by atoms with Gasteiger partial charge in [0.15, 0.2) is 11.5 Å². The maximum absolute atomic E-state index is 11.9. The largest absolute Gasteiger partial charge is 0.303 e. The molecule has 1 amide bonds. The molecule has 2 aromatic heterocycles. The Morgan fingerprint density at radius 3 is 2.72 bits per heavy atom. The molecule has 2 aromatic rings. The molecule has 0 spiro atoms. The van der Waals surface area contributed by atoms with Gasteiger partial charge in [-0.3, -0.25) is 9.48 Å². The first-order chi connectivity index (χ1) is 8.47. The topological polar surface area (TPSA) is 72.7 Å². The molecule has 6 nitrogen and oxygen atoms in total. The van der Waals surface area contributed by atoms with Crippen LogP contribution in [0.3, 0.4) is 0 Å². The molecule has 0 radical (unpaired) electrons. The molecule has 1 N–H and O–H groups in total. The molecule has 0 bridgehead atoms. The van der Waals surface area contributed by atoms with Crippen molar-refractivity contribution in [2.45, 2.75) is 6.92 Å². The molecule has 18 heavy (non-hydrogen) atoms. The zero-order valence-electron chi connectivity index (χ0n) is 9.61. The van der Waals surface area contributed by atoms with E-state index < -0.39 is 0 Å². The van der Waals surface area contributed by atoms with Crippen LogP contribution in [0, 0.1) is 6.92 Å². The predicted molar refractivity (Wildman–Crippen MR) is 73.3 cm³/mol. The van der Waals surface area contributed by atoms with E-state index in [0.717, 1.165) is 5.69 Å². The quantitative estimate of drug-likeness (QED) is 0.875. The lowest BCUT2D eigenvalue weighted by atomic mass is 10.3. The van der Waals surface area contributed by atoms with E-state index in [0.29, 0.717) is 20.7 Å². The third-order valence-electron chi connectivity index (χ3n) is 2.28. The first-order valence-corrected chi connectivity index (χ1v) is 6.56. The van der Waals surface area contributed by atoms with Gasteiger partial charge in [-0.25, -0.2) is 9.97 Å². The van der Waals surface area contributed by atoms with E-state index >= 15 is 0 Å². The minimum absolute atomic E-state index is 0.323. The highest BCUT2D eigenvalue weighted by Crippen LogP contribution is 2.19. The van der Waals surface area contributed by atoms with Crippen LogP contribution in [-0.2, 0) is 7.05 Å². The van der Waals surface area contributed by atoms with E-state index in [1.54, 1.807) is 17.8 Å². The molecule has 0 aromatic carbocycles. The Labute approximate surface area is 120 Å².